The van der Waals surface area contributed by atoms with Gasteiger partial charge in [-0.15, -0.1) is 0 Å². The fourth-order valence-electron chi connectivity index (χ4n) is 2.02. The van der Waals surface area contributed by atoms with Gasteiger partial charge in [0, 0.05) is 11.5 Å². The van der Waals surface area contributed by atoms with Crippen LogP contribution in [0, 0.1) is 0 Å². The highest BCUT2D eigenvalue weighted by molar-refractivity contribution is 5.70. The maximum absolute atomic E-state index is 11.5. The summed E-state index contributed by atoms with van der Waals surface area (Å²) in [5, 5.41) is 0. The second kappa shape index (κ2) is 6.57. The van der Waals surface area contributed by atoms with Gasteiger partial charge in [0.2, 0.25) is 0 Å². The van der Waals surface area contributed by atoms with E-state index in [-0.39, 0.29) is 18.3 Å². The van der Waals surface area contributed by atoms with E-state index in [1.165, 1.54) is 7.11 Å². The van der Waals surface area contributed by atoms with E-state index < -0.39 is 5.54 Å². The Hall–Kier alpha value is -1.55. The van der Waals surface area contributed by atoms with E-state index in [1.54, 1.807) is 0 Å². The lowest BCUT2D eigenvalue weighted by Crippen LogP contribution is -2.40. The van der Waals surface area contributed by atoms with Crippen LogP contribution in [-0.2, 0) is 9.53 Å². The van der Waals surface area contributed by atoms with E-state index >= 15 is 0 Å². The van der Waals surface area contributed by atoms with Crippen LogP contribution < -0.4 is 10.5 Å². The van der Waals surface area contributed by atoms with Gasteiger partial charge >= 0.3 is 5.97 Å². The fraction of sp³-hybridized carbons (Fsp3) is 0.533. The van der Waals surface area contributed by atoms with Gasteiger partial charge in [-0.05, 0) is 38.5 Å². The van der Waals surface area contributed by atoms with Crippen LogP contribution >= 0.6 is 0 Å². The van der Waals surface area contributed by atoms with Crippen LogP contribution in [0.15, 0.2) is 24.3 Å². The highest BCUT2D eigenvalue weighted by Crippen LogP contribution is 2.31. The summed E-state index contributed by atoms with van der Waals surface area (Å²) in [6.07, 6.45) is 0.272. The minimum absolute atomic E-state index is 0.0874. The van der Waals surface area contributed by atoms with Crippen molar-refractivity contribution in [1.29, 1.82) is 0 Å². The molecule has 0 aromatic heterocycles. The minimum Gasteiger partial charge on any atom is -0.494 e. The van der Waals surface area contributed by atoms with Crippen molar-refractivity contribution in [2.75, 3.05) is 13.7 Å². The summed E-state index contributed by atoms with van der Waals surface area (Å²) >= 11 is 0. The van der Waals surface area contributed by atoms with E-state index in [4.69, 9.17) is 15.2 Å². The zero-order chi connectivity index (χ0) is 14.5. The van der Waals surface area contributed by atoms with Crippen LogP contribution in [0.25, 0.3) is 0 Å². The van der Waals surface area contributed by atoms with Crippen molar-refractivity contribution in [3.8, 4) is 5.75 Å². The molecule has 0 bridgehead atoms. The van der Waals surface area contributed by atoms with Crippen LogP contribution in [-0.4, -0.2) is 25.2 Å². The van der Waals surface area contributed by atoms with Crippen LogP contribution in [0.3, 0.4) is 0 Å². The van der Waals surface area contributed by atoms with E-state index in [0.29, 0.717) is 6.61 Å². The highest BCUT2D eigenvalue weighted by Gasteiger charge is 2.29. The third-order valence-electron chi connectivity index (χ3n) is 3.09. The standard InChI is InChI=1S/C15H23NO3/c1-5-19-12-8-6-11(7-9-12)13(15(2,3)16)10-14(17)18-4/h6-9,13H,5,10,16H2,1-4H3. The first-order valence-electron chi connectivity index (χ1n) is 6.47. The number of ether oxygens (including phenoxy) is 2. The van der Waals surface area contributed by atoms with Crippen molar-refractivity contribution < 1.29 is 14.3 Å². The highest BCUT2D eigenvalue weighted by atomic mass is 16.5. The van der Waals surface area contributed by atoms with Gasteiger partial charge in [0.15, 0.2) is 0 Å². The summed E-state index contributed by atoms with van der Waals surface area (Å²) in [6, 6.07) is 7.70. The Balaban J connectivity index is 2.94. The first-order valence-corrected chi connectivity index (χ1v) is 6.47. The Morgan fingerprint density at radius 3 is 2.32 bits per heavy atom. The molecule has 0 spiro atoms. The largest absolute Gasteiger partial charge is 0.494 e. The number of carbonyl (C=O) groups is 1. The fourth-order valence-corrected chi connectivity index (χ4v) is 2.02. The lowest BCUT2D eigenvalue weighted by molar-refractivity contribution is -0.141. The smallest absolute Gasteiger partial charge is 0.306 e. The first kappa shape index (κ1) is 15.5. The molecule has 19 heavy (non-hydrogen) atoms. The average Bonchev–Trinajstić information content (AvgIpc) is 2.36. The van der Waals surface area contributed by atoms with Crippen molar-refractivity contribution >= 4 is 5.97 Å². The SMILES string of the molecule is CCOc1ccc(C(CC(=O)OC)C(C)(C)N)cc1. The quantitative estimate of drug-likeness (QED) is 0.803. The lowest BCUT2D eigenvalue weighted by Gasteiger charge is -2.30. The average molecular weight is 265 g/mol. The van der Waals surface area contributed by atoms with Crippen LogP contribution in [0.5, 0.6) is 5.75 Å². The van der Waals surface area contributed by atoms with E-state index in [0.717, 1.165) is 11.3 Å². The van der Waals surface area contributed by atoms with Crippen molar-refractivity contribution in [2.24, 2.45) is 5.73 Å². The van der Waals surface area contributed by atoms with Crippen molar-refractivity contribution in [3.05, 3.63) is 29.8 Å². The van der Waals surface area contributed by atoms with E-state index in [2.05, 4.69) is 0 Å². The number of rotatable bonds is 6. The lowest BCUT2D eigenvalue weighted by atomic mass is 9.80. The molecule has 0 saturated heterocycles. The monoisotopic (exact) mass is 265 g/mol. The Morgan fingerprint density at radius 1 is 1.32 bits per heavy atom. The Kier molecular flexibility index (Phi) is 5.36. The molecule has 0 amide bonds. The normalized spacial score (nSPS) is 12.9. The Labute approximate surface area is 114 Å². The number of hydrogen-bond donors (Lipinski definition) is 1. The molecule has 0 saturated carbocycles. The zero-order valence-electron chi connectivity index (χ0n) is 12.1. The van der Waals surface area contributed by atoms with Gasteiger partial charge in [-0.1, -0.05) is 12.1 Å². The third-order valence-corrected chi connectivity index (χ3v) is 3.09. The predicted octanol–water partition coefficient (Wildman–Crippen LogP) is 2.47. The molecular weight excluding hydrogens is 242 g/mol. The number of carbonyl (C=O) groups excluding carboxylic acids is 1. The summed E-state index contributed by atoms with van der Waals surface area (Å²) in [5.41, 5.74) is 6.69. The molecule has 1 aromatic carbocycles. The summed E-state index contributed by atoms with van der Waals surface area (Å²) in [7, 11) is 1.39. The van der Waals surface area contributed by atoms with Crippen molar-refractivity contribution in [1.82, 2.24) is 0 Å². The molecule has 0 fully saturated rings. The van der Waals surface area contributed by atoms with Gasteiger partial charge in [-0.2, -0.15) is 0 Å². The molecule has 0 radical (unpaired) electrons. The van der Waals surface area contributed by atoms with Crippen LogP contribution in [0.1, 0.15) is 38.7 Å². The van der Waals surface area contributed by atoms with Gasteiger partial charge < -0.3 is 15.2 Å². The molecule has 4 nitrogen and oxygen atoms in total. The van der Waals surface area contributed by atoms with Gasteiger partial charge in [0.05, 0.1) is 20.1 Å². The predicted molar refractivity (Wildman–Crippen MR) is 75.3 cm³/mol. The van der Waals surface area contributed by atoms with Crippen molar-refractivity contribution in [2.45, 2.75) is 38.6 Å². The summed E-state index contributed by atoms with van der Waals surface area (Å²) in [5.74, 6) is 0.478. The number of hydrogen-bond acceptors (Lipinski definition) is 4. The molecule has 0 aliphatic heterocycles. The summed E-state index contributed by atoms with van der Waals surface area (Å²) in [4.78, 5) is 11.5. The summed E-state index contributed by atoms with van der Waals surface area (Å²) < 4.78 is 10.1. The minimum atomic E-state index is -0.499. The van der Waals surface area contributed by atoms with Crippen LogP contribution in [0.2, 0.25) is 0 Å². The molecule has 0 heterocycles. The maximum atomic E-state index is 11.5. The number of esters is 1. The van der Waals surface area contributed by atoms with Gasteiger partial charge in [0.25, 0.3) is 0 Å². The molecule has 0 aliphatic rings. The molecule has 1 aromatic rings. The molecule has 106 valence electrons. The van der Waals surface area contributed by atoms with Gasteiger partial charge in [0.1, 0.15) is 5.75 Å². The second-order valence-electron chi connectivity index (χ2n) is 5.16. The Morgan fingerprint density at radius 2 is 1.89 bits per heavy atom. The summed E-state index contributed by atoms with van der Waals surface area (Å²) in [6.45, 7) is 6.40. The third kappa shape index (κ3) is 4.56. The van der Waals surface area contributed by atoms with Crippen LogP contribution in [0.4, 0.5) is 0 Å². The topological polar surface area (TPSA) is 61.5 Å². The van der Waals surface area contributed by atoms with Crippen molar-refractivity contribution in [3.63, 3.8) is 0 Å². The number of nitrogens with two attached hydrogens (primary N) is 1. The molecular formula is C15H23NO3. The molecule has 0 aliphatic carbocycles. The van der Waals surface area contributed by atoms with E-state index in [1.807, 2.05) is 45.0 Å². The van der Waals surface area contributed by atoms with E-state index in [9.17, 15) is 4.79 Å². The molecule has 4 heteroatoms. The maximum Gasteiger partial charge on any atom is 0.306 e. The zero-order valence-corrected chi connectivity index (χ0v) is 12.1. The van der Waals surface area contributed by atoms with Gasteiger partial charge in [-0.25, -0.2) is 0 Å². The molecule has 1 rings (SSSR count). The number of methoxy groups -OCH3 is 1. The molecule has 1 atom stereocenters. The Bertz CT molecular complexity index is 406. The number of benzene rings is 1. The molecule has 1 unspecified atom stereocenters. The second-order valence-corrected chi connectivity index (χ2v) is 5.16. The molecule has 2 N–H and O–H groups in total. The van der Waals surface area contributed by atoms with Gasteiger partial charge in [-0.3, -0.25) is 4.79 Å². The first-order chi connectivity index (χ1) is 8.88.